The van der Waals surface area contributed by atoms with E-state index in [2.05, 4.69) is 10.00 Å². The van der Waals surface area contributed by atoms with Crippen LogP contribution in [0.1, 0.15) is 0 Å². The van der Waals surface area contributed by atoms with Crippen LogP contribution in [0.5, 0.6) is 0 Å². The summed E-state index contributed by atoms with van der Waals surface area (Å²) in [6.07, 6.45) is 5.00. The fourth-order valence-corrected chi connectivity index (χ4v) is 2.60. The predicted molar refractivity (Wildman–Crippen MR) is 68.1 cm³/mol. The lowest BCUT2D eigenvalue weighted by molar-refractivity contribution is -0.0355. The molecule has 1 saturated heterocycles. The Labute approximate surface area is 107 Å². The molecule has 0 spiro atoms. The van der Waals surface area contributed by atoms with Crippen molar-refractivity contribution in [3.63, 3.8) is 0 Å². The Balaban J connectivity index is 1.81. The van der Waals surface area contributed by atoms with Gasteiger partial charge in [0.15, 0.2) is 0 Å². The summed E-state index contributed by atoms with van der Waals surface area (Å²) in [5.41, 5.74) is 0. The molecule has 1 fully saturated rings. The third kappa shape index (κ3) is 4.40. The molecular weight excluding hydrogens is 254 g/mol. The zero-order chi connectivity index (χ0) is 13.0. The Hall–Kier alpha value is -0.920. The van der Waals surface area contributed by atoms with E-state index in [0.717, 1.165) is 13.1 Å². The lowest BCUT2D eigenvalue weighted by atomic mass is 10.2. The normalized spacial score (nSPS) is 22.2. The Bertz CT molecular complexity index is 458. The standard InChI is InChI=1S/C11H19N3O3S/c1-18(15,16)8-6-13-5-7-17-11(9-13)10-14-4-2-3-12-14/h2-4,11H,5-10H2,1H3/t11-/m1/s1. The van der Waals surface area contributed by atoms with E-state index in [9.17, 15) is 8.42 Å². The molecule has 18 heavy (non-hydrogen) atoms. The van der Waals surface area contributed by atoms with Gasteiger partial charge in [0.1, 0.15) is 9.84 Å². The van der Waals surface area contributed by atoms with Crippen molar-refractivity contribution in [2.24, 2.45) is 0 Å². The molecule has 1 aliphatic rings. The summed E-state index contributed by atoms with van der Waals surface area (Å²) in [6, 6.07) is 1.88. The lowest BCUT2D eigenvalue weighted by Gasteiger charge is -2.32. The van der Waals surface area contributed by atoms with Crippen molar-refractivity contribution in [1.29, 1.82) is 0 Å². The zero-order valence-corrected chi connectivity index (χ0v) is 11.3. The second-order valence-corrected chi connectivity index (χ2v) is 6.91. The van der Waals surface area contributed by atoms with Gasteiger partial charge < -0.3 is 4.74 Å². The quantitative estimate of drug-likeness (QED) is 0.732. The summed E-state index contributed by atoms with van der Waals surface area (Å²) in [5, 5.41) is 4.14. The largest absolute Gasteiger partial charge is 0.374 e. The number of nitrogens with zero attached hydrogens (tertiary/aromatic N) is 3. The van der Waals surface area contributed by atoms with Crippen LogP contribution >= 0.6 is 0 Å². The fourth-order valence-electron chi connectivity index (χ4n) is 2.01. The minimum atomic E-state index is -2.89. The summed E-state index contributed by atoms with van der Waals surface area (Å²) < 4.78 is 29.8. The van der Waals surface area contributed by atoms with Gasteiger partial charge in [-0.05, 0) is 6.07 Å². The smallest absolute Gasteiger partial charge is 0.148 e. The summed E-state index contributed by atoms with van der Waals surface area (Å²) >= 11 is 0. The Kier molecular flexibility index (Phi) is 4.36. The van der Waals surface area contributed by atoms with Crippen LogP contribution in [-0.2, 0) is 21.1 Å². The van der Waals surface area contributed by atoms with E-state index in [-0.39, 0.29) is 11.9 Å². The van der Waals surface area contributed by atoms with E-state index in [0.29, 0.717) is 19.7 Å². The zero-order valence-electron chi connectivity index (χ0n) is 10.5. The number of sulfone groups is 1. The van der Waals surface area contributed by atoms with Gasteiger partial charge in [-0.1, -0.05) is 0 Å². The maximum absolute atomic E-state index is 11.1. The number of aromatic nitrogens is 2. The van der Waals surface area contributed by atoms with Gasteiger partial charge in [0.25, 0.3) is 0 Å². The molecule has 1 atom stereocenters. The van der Waals surface area contributed by atoms with Crippen LogP contribution in [0, 0.1) is 0 Å². The summed E-state index contributed by atoms with van der Waals surface area (Å²) in [7, 11) is -2.89. The topological polar surface area (TPSA) is 64.4 Å². The molecule has 2 heterocycles. The maximum atomic E-state index is 11.1. The molecule has 0 N–H and O–H groups in total. The second-order valence-electron chi connectivity index (χ2n) is 4.65. The maximum Gasteiger partial charge on any atom is 0.148 e. The van der Waals surface area contributed by atoms with Gasteiger partial charge in [-0.2, -0.15) is 5.10 Å². The van der Waals surface area contributed by atoms with Gasteiger partial charge in [-0.15, -0.1) is 0 Å². The molecule has 7 heteroatoms. The van der Waals surface area contributed by atoms with Crippen LogP contribution in [0.15, 0.2) is 18.5 Å². The highest BCUT2D eigenvalue weighted by atomic mass is 32.2. The number of rotatable bonds is 5. The summed E-state index contributed by atoms with van der Waals surface area (Å²) in [6.45, 7) is 3.50. The molecule has 6 nitrogen and oxygen atoms in total. The van der Waals surface area contributed by atoms with E-state index in [4.69, 9.17) is 4.74 Å². The van der Waals surface area contributed by atoms with E-state index < -0.39 is 9.84 Å². The van der Waals surface area contributed by atoms with Gasteiger partial charge in [-0.25, -0.2) is 8.42 Å². The van der Waals surface area contributed by atoms with Crippen molar-refractivity contribution in [3.8, 4) is 0 Å². The molecule has 102 valence electrons. The van der Waals surface area contributed by atoms with E-state index in [1.165, 1.54) is 6.26 Å². The van der Waals surface area contributed by atoms with Gasteiger partial charge in [-0.3, -0.25) is 9.58 Å². The first-order chi connectivity index (χ1) is 8.53. The van der Waals surface area contributed by atoms with Crippen molar-refractivity contribution in [2.75, 3.05) is 38.2 Å². The Morgan fingerprint density at radius 3 is 3.00 bits per heavy atom. The first-order valence-electron chi connectivity index (χ1n) is 6.02. The van der Waals surface area contributed by atoms with E-state index in [1.54, 1.807) is 6.20 Å². The molecule has 0 radical (unpaired) electrons. The summed E-state index contributed by atoms with van der Waals surface area (Å²) in [4.78, 5) is 2.14. The third-order valence-corrected chi connectivity index (χ3v) is 3.88. The molecule has 0 amide bonds. The average Bonchev–Trinajstić information content (AvgIpc) is 2.79. The molecule has 0 bridgehead atoms. The van der Waals surface area contributed by atoms with Gasteiger partial charge in [0.05, 0.1) is 25.0 Å². The number of ether oxygens (including phenoxy) is 1. The van der Waals surface area contributed by atoms with Crippen LogP contribution < -0.4 is 0 Å². The van der Waals surface area contributed by atoms with E-state index >= 15 is 0 Å². The van der Waals surface area contributed by atoms with Crippen molar-refractivity contribution in [3.05, 3.63) is 18.5 Å². The molecular formula is C11H19N3O3S. The monoisotopic (exact) mass is 273 g/mol. The SMILES string of the molecule is CS(=O)(=O)CCN1CCO[C@@H](Cn2cccn2)C1. The van der Waals surface area contributed by atoms with Crippen LogP contribution in [0.25, 0.3) is 0 Å². The predicted octanol–water partition coefficient (Wildman–Crippen LogP) is -0.371. The van der Waals surface area contributed by atoms with Gasteiger partial charge >= 0.3 is 0 Å². The molecule has 0 unspecified atom stereocenters. The Morgan fingerprint density at radius 2 is 2.33 bits per heavy atom. The van der Waals surface area contributed by atoms with Gasteiger partial charge in [0, 0.05) is 38.3 Å². The highest BCUT2D eigenvalue weighted by Gasteiger charge is 2.21. The highest BCUT2D eigenvalue weighted by Crippen LogP contribution is 2.07. The van der Waals surface area contributed by atoms with Crippen LogP contribution in [-0.4, -0.2) is 67.5 Å². The van der Waals surface area contributed by atoms with Gasteiger partial charge in [0.2, 0.25) is 0 Å². The number of hydrogen-bond acceptors (Lipinski definition) is 5. The van der Waals surface area contributed by atoms with E-state index in [1.807, 2.05) is 16.9 Å². The summed E-state index contributed by atoms with van der Waals surface area (Å²) in [5.74, 6) is 0.210. The third-order valence-electron chi connectivity index (χ3n) is 2.95. The molecule has 1 aromatic heterocycles. The van der Waals surface area contributed by atoms with Crippen molar-refractivity contribution < 1.29 is 13.2 Å². The molecule has 0 aliphatic carbocycles. The van der Waals surface area contributed by atoms with Crippen molar-refractivity contribution >= 4 is 9.84 Å². The average molecular weight is 273 g/mol. The highest BCUT2D eigenvalue weighted by molar-refractivity contribution is 7.90. The van der Waals surface area contributed by atoms with Crippen molar-refractivity contribution in [1.82, 2.24) is 14.7 Å². The van der Waals surface area contributed by atoms with Crippen LogP contribution in [0.2, 0.25) is 0 Å². The Morgan fingerprint density at radius 1 is 1.50 bits per heavy atom. The number of morpholine rings is 1. The molecule has 0 saturated carbocycles. The first kappa shape index (κ1) is 13.5. The second kappa shape index (κ2) is 5.81. The molecule has 0 aromatic carbocycles. The fraction of sp³-hybridized carbons (Fsp3) is 0.727. The lowest BCUT2D eigenvalue weighted by Crippen LogP contribution is -2.45. The molecule has 1 aromatic rings. The minimum absolute atomic E-state index is 0.0817. The van der Waals surface area contributed by atoms with Crippen LogP contribution in [0.3, 0.4) is 0 Å². The minimum Gasteiger partial charge on any atom is -0.374 e. The number of hydrogen-bond donors (Lipinski definition) is 0. The van der Waals surface area contributed by atoms with Crippen molar-refractivity contribution in [2.45, 2.75) is 12.6 Å². The molecule has 2 rings (SSSR count). The van der Waals surface area contributed by atoms with Crippen LogP contribution in [0.4, 0.5) is 0 Å². The first-order valence-corrected chi connectivity index (χ1v) is 8.08. The molecule has 1 aliphatic heterocycles.